The molecule has 0 fully saturated rings. The van der Waals surface area contributed by atoms with E-state index in [2.05, 4.69) is 16.9 Å². The molecule has 0 spiro atoms. The second-order valence-corrected chi connectivity index (χ2v) is 4.28. The van der Waals surface area contributed by atoms with E-state index in [1.807, 2.05) is 0 Å². The third-order valence-corrected chi connectivity index (χ3v) is 2.96. The van der Waals surface area contributed by atoms with Gasteiger partial charge in [0, 0.05) is 11.8 Å². The Hall–Kier alpha value is -1.10. The number of aromatic carboxylic acids is 1. The van der Waals surface area contributed by atoms with Crippen LogP contribution in [0.4, 0.5) is 0 Å². The number of thioether (sulfide) groups is 1. The Labute approximate surface area is 93.1 Å². The average Bonchev–Trinajstić information content (AvgIpc) is 2.20. The highest BCUT2D eigenvalue weighted by molar-refractivity contribution is 7.98. The third kappa shape index (κ3) is 3.51. The quantitative estimate of drug-likeness (QED) is 0.779. The fourth-order valence-corrected chi connectivity index (χ4v) is 1.83. The van der Waals surface area contributed by atoms with Gasteiger partial charge in [-0.2, -0.15) is 11.8 Å². The smallest absolute Gasteiger partial charge is 0.354 e. The molecular weight excluding hydrogens is 212 g/mol. The highest BCUT2D eigenvalue weighted by atomic mass is 32.2. The van der Waals surface area contributed by atoms with Gasteiger partial charge >= 0.3 is 5.97 Å². The van der Waals surface area contributed by atoms with E-state index in [1.54, 1.807) is 24.9 Å². The van der Waals surface area contributed by atoms with Crippen molar-refractivity contribution in [3.8, 4) is 0 Å². The maximum atomic E-state index is 10.8. The van der Waals surface area contributed by atoms with E-state index in [0.29, 0.717) is 17.1 Å². The van der Waals surface area contributed by atoms with Gasteiger partial charge in [0.15, 0.2) is 5.69 Å². The van der Waals surface area contributed by atoms with Crippen molar-refractivity contribution in [1.29, 1.82) is 0 Å². The first-order valence-corrected chi connectivity index (χ1v) is 5.94. The Morgan fingerprint density at radius 2 is 2.33 bits per heavy atom. The summed E-state index contributed by atoms with van der Waals surface area (Å²) in [6, 6.07) is 0. The molecule has 15 heavy (non-hydrogen) atoms. The predicted molar refractivity (Wildman–Crippen MR) is 60.2 cm³/mol. The van der Waals surface area contributed by atoms with Crippen LogP contribution in [0.3, 0.4) is 0 Å². The summed E-state index contributed by atoms with van der Waals surface area (Å²) in [7, 11) is 0. The van der Waals surface area contributed by atoms with Gasteiger partial charge in [0.25, 0.3) is 0 Å². The lowest BCUT2D eigenvalue weighted by Crippen LogP contribution is -2.07. The van der Waals surface area contributed by atoms with E-state index < -0.39 is 5.97 Å². The SMILES string of the molecule is CCCSCc1ncc(C)c(C(=O)O)n1. The van der Waals surface area contributed by atoms with Crippen LogP contribution in [0.15, 0.2) is 6.20 Å². The number of hydrogen-bond acceptors (Lipinski definition) is 4. The molecule has 0 bridgehead atoms. The van der Waals surface area contributed by atoms with Crippen molar-refractivity contribution in [3.05, 3.63) is 23.3 Å². The van der Waals surface area contributed by atoms with Crippen molar-refractivity contribution >= 4 is 17.7 Å². The number of hydrogen-bond donors (Lipinski definition) is 1. The van der Waals surface area contributed by atoms with Gasteiger partial charge in [-0.05, 0) is 19.1 Å². The van der Waals surface area contributed by atoms with Crippen LogP contribution in [0, 0.1) is 6.92 Å². The minimum absolute atomic E-state index is 0.108. The topological polar surface area (TPSA) is 63.1 Å². The Balaban J connectivity index is 2.74. The van der Waals surface area contributed by atoms with Crippen molar-refractivity contribution in [1.82, 2.24) is 9.97 Å². The van der Waals surface area contributed by atoms with E-state index in [-0.39, 0.29) is 5.69 Å². The first kappa shape index (κ1) is 12.0. The molecule has 0 aliphatic heterocycles. The molecule has 82 valence electrons. The molecule has 0 saturated carbocycles. The Morgan fingerprint density at radius 1 is 1.60 bits per heavy atom. The van der Waals surface area contributed by atoms with Gasteiger partial charge in [-0.1, -0.05) is 6.92 Å². The van der Waals surface area contributed by atoms with Crippen LogP contribution in [0.2, 0.25) is 0 Å². The summed E-state index contributed by atoms with van der Waals surface area (Å²) < 4.78 is 0. The lowest BCUT2D eigenvalue weighted by atomic mass is 10.2. The maximum Gasteiger partial charge on any atom is 0.354 e. The minimum Gasteiger partial charge on any atom is -0.477 e. The van der Waals surface area contributed by atoms with E-state index in [4.69, 9.17) is 5.11 Å². The van der Waals surface area contributed by atoms with Gasteiger partial charge in [0.1, 0.15) is 5.82 Å². The molecule has 0 radical (unpaired) electrons. The summed E-state index contributed by atoms with van der Waals surface area (Å²) in [6.45, 7) is 3.80. The van der Waals surface area contributed by atoms with E-state index in [9.17, 15) is 4.79 Å². The minimum atomic E-state index is -0.989. The second kappa shape index (κ2) is 5.70. The maximum absolute atomic E-state index is 10.8. The molecule has 0 aliphatic carbocycles. The van der Waals surface area contributed by atoms with Crippen LogP contribution < -0.4 is 0 Å². The summed E-state index contributed by atoms with van der Waals surface area (Å²) in [4.78, 5) is 18.9. The lowest BCUT2D eigenvalue weighted by molar-refractivity contribution is 0.0689. The zero-order valence-electron chi connectivity index (χ0n) is 8.86. The van der Waals surface area contributed by atoms with Crippen LogP contribution in [-0.2, 0) is 5.75 Å². The molecule has 0 aliphatic rings. The monoisotopic (exact) mass is 226 g/mol. The molecule has 1 rings (SSSR count). The molecule has 1 aromatic rings. The molecule has 1 N–H and O–H groups in total. The summed E-state index contributed by atoms with van der Waals surface area (Å²) >= 11 is 1.71. The lowest BCUT2D eigenvalue weighted by Gasteiger charge is -2.02. The number of nitrogens with zero attached hydrogens (tertiary/aromatic N) is 2. The van der Waals surface area contributed by atoms with Gasteiger partial charge in [-0.25, -0.2) is 14.8 Å². The van der Waals surface area contributed by atoms with Gasteiger partial charge in [0.05, 0.1) is 5.75 Å². The number of carboxylic acids is 1. The highest BCUT2D eigenvalue weighted by Crippen LogP contribution is 2.11. The molecule has 0 amide bonds. The molecule has 4 nitrogen and oxygen atoms in total. The van der Waals surface area contributed by atoms with Crippen LogP contribution in [0.25, 0.3) is 0 Å². The van der Waals surface area contributed by atoms with E-state index in [0.717, 1.165) is 12.2 Å². The number of carbonyl (C=O) groups is 1. The average molecular weight is 226 g/mol. The van der Waals surface area contributed by atoms with Crippen LogP contribution >= 0.6 is 11.8 Å². The van der Waals surface area contributed by atoms with Crippen LogP contribution in [-0.4, -0.2) is 26.8 Å². The Morgan fingerprint density at radius 3 is 2.93 bits per heavy atom. The van der Waals surface area contributed by atoms with E-state index >= 15 is 0 Å². The van der Waals surface area contributed by atoms with Crippen LogP contribution in [0.1, 0.15) is 35.2 Å². The van der Waals surface area contributed by atoms with Crippen molar-refractivity contribution in [2.75, 3.05) is 5.75 Å². The molecular formula is C10H14N2O2S. The van der Waals surface area contributed by atoms with Crippen molar-refractivity contribution in [3.63, 3.8) is 0 Å². The molecule has 1 heterocycles. The van der Waals surface area contributed by atoms with Crippen molar-refractivity contribution in [2.24, 2.45) is 0 Å². The number of carboxylic acid groups (broad SMARTS) is 1. The third-order valence-electron chi connectivity index (χ3n) is 1.80. The highest BCUT2D eigenvalue weighted by Gasteiger charge is 2.10. The number of rotatable bonds is 5. The molecule has 1 aromatic heterocycles. The normalized spacial score (nSPS) is 10.3. The summed E-state index contributed by atoms with van der Waals surface area (Å²) in [5.74, 6) is 1.32. The first-order chi connectivity index (χ1) is 7.15. The van der Waals surface area contributed by atoms with Gasteiger partial charge in [-0.15, -0.1) is 0 Å². The largest absolute Gasteiger partial charge is 0.477 e. The second-order valence-electron chi connectivity index (χ2n) is 3.18. The zero-order chi connectivity index (χ0) is 11.3. The van der Waals surface area contributed by atoms with E-state index in [1.165, 1.54) is 0 Å². The first-order valence-electron chi connectivity index (χ1n) is 4.78. The van der Waals surface area contributed by atoms with Gasteiger partial charge in [-0.3, -0.25) is 0 Å². The summed E-state index contributed by atoms with van der Waals surface area (Å²) in [6.07, 6.45) is 2.67. The summed E-state index contributed by atoms with van der Waals surface area (Å²) in [5, 5.41) is 8.86. The molecule has 5 heteroatoms. The van der Waals surface area contributed by atoms with Crippen LogP contribution in [0.5, 0.6) is 0 Å². The molecule has 0 atom stereocenters. The predicted octanol–water partition coefficient (Wildman–Crippen LogP) is 2.13. The molecule has 0 aromatic carbocycles. The fourth-order valence-electron chi connectivity index (χ4n) is 1.07. The van der Waals surface area contributed by atoms with Crippen molar-refractivity contribution in [2.45, 2.75) is 26.0 Å². The standard InChI is InChI=1S/C10H14N2O2S/c1-3-4-15-6-8-11-5-7(2)9(12-8)10(13)14/h5H,3-4,6H2,1-2H3,(H,13,14). The van der Waals surface area contributed by atoms with Crippen molar-refractivity contribution < 1.29 is 9.90 Å². The molecule has 0 unspecified atom stereocenters. The van der Waals surface area contributed by atoms with Gasteiger partial charge < -0.3 is 5.11 Å². The fraction of sp³-hybridized carbons (Fsp3) is 0.500. The van der Waals surface area contributed by atoms with Gasteiger partial charge in [0.2, 0.25) is 0 Å². The zero-order valence-corrected chi connectivity index (χ0v) is 9.67. The number of aryl methyl sites for hydroxylation is 1. The summed E-state index contributed by atoms with van der Waals surface area (Å²) in [5.41, 5.74) is 0.712. The number of aromatic nitrogens is 2. The molecule has 0 saturated heterocycles. The Kier molecular flexibility index (Phi) is 4.55. The Bertz CT molecular complexity index is 355.